The summed E-state index contributed by atoms with van der Waals surface area (Å²) in [6.45, 7) is 4.02. The number of halogens is 2. The molecule has 0 aromatic heterocycles. The Morgan fingerprint density at radius 3 is 2.60 bits per heavy atom. The largest absolute Gasteiger partial charge is 0.388 e. The smallest absolute Gasteiger partial charge is 0.126 e. The number of nitrogens with zero attached hydrogens (tertiary/aromatic N) is 1. The van der Waals surface area contributed by atoms with Crippen LogP contribution in [0.3, 0.4) is 0 Å². The minimum Gasteiger partial charge on any atom is -0.388 e. The topological polar surface area (TPSA) is 23.5 Å². The molecule has 1 aliphatic rings. The van der Waals surface area contributed by atoms with Gasteiger partial charge < -0.3 is 10.0 Å². The summed E-state index contributed by atoms with van der Waals surface area (Å²) in [5, 5.41) is 10.1. The summed E-state index contributed by atoms with van der Waals surface area (Å²) in [6, 6.07) is 3.76. The molecule has 2 rings (SSSR count). The van der Waals surface area contributed by atoms with Gasteiger partial charge in [0.2, 0.25) is 0 Å². The summed E-state index contributed by atoms with van der Waals surface area (Å²) in [7, 11) is 0. The Hall–Kier alpha value is -1.00. The lowest BCUT2D eigenvalue weighted by atomic mass is 10.1. The summed E-state index contributed by atoms with van der Waals surface area (Å²) in [6.07, 6.45) is 4.59. The van der Waals surface area contributed by atoms with E-state index in [9.17, 15) is 13.9 Å². The number of aliphatic hydroxyl groups is 1. The van der Waals surface area contributed by atoms with Crippen LogP contribution in [-0.2, 0) is 0 Å². The highest BCUT2D eigenvalue weighted by Crippen LogP contribution is 2.22. The zero-order valence-electron chi connectivity index (χ0n) is 12.0. The molecule has 0 saturated carbocycles. The average molecular weight is 283 g/mol. The van der Waals surface area contributed by atoms with Crippen LogP contribution in [0.1, 0.15) is 50.7 Å². The van der Waals surface area contributed by atoms with Crippen molar-refractivity contribution in [3.63, 3.8) is 0 Å². The van der Waals surface area contributed by atoms with Gasteiger partial charge in [-0.2, -0.15) is 0 Å². The van der Waals surface area contributed by atoms with E-state index in [1.54, 1.807) is 0 Å². The van der Waals surface area contributed by atoms with E-state index >= 15 is 0 Å². The van der Waals surface area contributed by atoms with Crippen molar-refractivity contribution < 1.29 is 13.9 Å². The second-order valence-electron chi connectivity index (χ2n) is 5.74. The SMILES string of the molecule is CC1CCCCCN1CCC(O)c1cc(F)cc(F)c1. The minimum atomic E-state index is -0.810. The highest BCUT2D eigenvalue weighted by Gasteiger charge is 2.18. The Morgan fingerprint density at radius 1 is 1.20 bits per heavy atom. The molecule has 0 spiro atoms. The number of benzene rings is 1. The van der Waals surface area contributed by atoms with Gasteiger partial charge in [-0.25, -0.2) is 8.78 Å². The van der Waals surface area contributed by atoms with Gasteiger partial charge in [-0.1, -0.05) is 12.8 Å². The van der Waals surface area contributed by atoms with E-state index in [1.807, 2.05) is 0 Å². The lowest BCUT2D eigenvalue weighted by Crippen LogP contribution is -2.34. The first-order valence-corrected chi connectivity index (χ1v) is 7.44. The molecule has 2 nitrogen and oxygen atoms in total. The molecule has 112 valence electrons. The molecular weight excluding hydrogens is 260 g/mol. The zero-order valence-corrected chi connectivity index (χ0v) is 12.0. The fourth-order valence-corrected chi connectivity index (χ4v) is 2.89. The molecule has 0 bridgehead atoms. The molecule has 20 heavy (non-hydrogen) atoms. The highest BCUT2D eigenvalue weighted by molar-refractivity contribution is 5.20. The normalized spacial score (nSPS) is 22.5. The molecular formula is C16H23F2NO. The second kappa shape index (κ2) is 7.14. The summed E-state index contributed by atoms with van der Waals surface area (Å²) >= 11 is 0. The number of hydrogen-bond donors (Lipinski definition) is 1. The van der Waals surface area contributed by atoms with Crippen molar-refractivity contribution in [1.29, 1.82) is 0 Å². The van der Waals surface area contributed by atoms with E-state index < -0.39 is 17.7 Å². The molecule has 0 aliphatic carbocycles. The number of rotatable bonds is 4. The van der Waals surface area contributed by atoms with Crippen molar-refractivity contribution >= 4 is 0 Å². The zero-order chi connectivity index (χ0) is 14.5. The Morgan fingerprint density at radius 2 is 1.90 bits per heavy atom. The fourth-order valence-electron chi connectivity index (χ4n) is 2.89. The van der Waals surface area contributed by atoms with Gasteiger partial charge in [-0.3, -0.25) is 0 Å². The van der Waals surface area contributed by atoms with E-state index in [-0.39, 0.29) is 0 Å². The molecule has 1 aromatic carbocycles. The predicted octanol–water partition coefficient (Wildman–Crippen LogP) is 3.65. The van der Waals surface area contributed by atoms with Gasteiger partial charge in [0.05, 0.1) is 6.10 Å². The van der Waals surface area contributed by atoms with Crippen LogP contribution in [0.2, 0.25) is 0 Å². The Bertz CT molecular complexity index is 418. The quantitative estimate of drug-likeness (QED) is 0.911. The maximum absolute atomic E-state index is 13.1. The Kier molecular flexibility index (Phi) is 5.49. The first-order valence-electron chi connectivity index (χ1n) is 7.44. The average Bonchev–Trinajstić information content (AvgIpc) is 2.59. The van der Waals surface area contributed by atoms with Crippen molar-refractivity contribution in [1.82, 2.24) is 4.90 Å². The molecule has 1 fully saturated rings. The second-order valence-corrected chi connectivity index (χ2v) is 5.74. The van der Waals surface area contributed by atoms with Gasteiger partial charge in [0.15, 0.2) is 0 Å². The van der Waals surface area contributed by atoms with Gasteiger partial charge in [0, 0.05) is 18.7 Å². The molecule has 1 heterocycles. The summed E-state index contributed by atoms with van der Waals surface area (Å²) < 4.78 is 26.3. The summed E-state index contributed by atoms with van der Waals surface area (Å²) in [5.41, 5.74) is 0.324. The third-order valence-electron chi connectivity index (χ3n) is 4.15. The van der Waals surface area contributed by atoms with E-state index in [0.29, 0.717) is 18.0 Å². The van der Waals surface area contributed by atoms with Crippen molar-refractivity contribution in [3.8, 4) is 0 Å². The molecule has 0 radical (unpaired) electrons. The molecule has 1 aliphatic heterocycles. The number of aliphatic hydroxyl groups excluding tert-OH is 1. The van der Waals surface area contributed by atoms with Gasteiger partial charge in [-0.15, -0.1) is 0 Å². The van der Waals surface area contributed by atoms with Crippen LogP contribution in [0, 0.1) is 11.6 Å². The maximum Gasteiger partial charge on any atom is 0.126 e. The van der Waals surface area contributed by atoms with Crippen LogP contribution in [0.15, 0.2) is 18.2 Å². The molecule has 2 unspecified atom stereocenters. The Labute approximate surface area is 119 Å². The molecule has 1 saturated heterocycles. The van der Waals surface area contributed by atoms with Crippen LogP contribution in [0.5, 0.6) is 0 Å². The van der Waals surface area contributed by atoms with Gasteiger partial charge in [0.25, 0.3) is 0 Å². The van der Waals surface area contributed by atoms with Gasteiger partial charge in [-0.05, 0) is 50.4 Å². The summed E-state index contributed by atoms with van der Waals surface area (Å²) in [4.78, 5) is 2.37. The third kappa shape index (κ3) is 4.25. The van der Waals surface area contributed by atoms with Gasteiger partial charge >= 0.3 is 0 Å². The van der Waals surface area contributed by atoms with E-state index in [4.69, 9.17) is 0 Å². The lowest BCUT2D eigenvalue weighted by Gasteiger charge is -2.27. The summed E-state index contributed by atoms with van der Waals surface area (Å²) in [5.74, 6) is -1.27. The monoisotopic (exact) mass is 283 g/mol. The van der Waals surface area contributed by atoms with Crippen LogP contribution in [-0.4, -0.2) is 29.1 Å². The van der Waals surface area contributed by atoms with Gasteiger partial charge in [0.1, 0.15) is 11.6 Å². The van der Waals surface area contributed by atoms with Crippen molar-refractivity contribution in [2.75, 3.05) is 13.1 Å². The number of hydrogen-bond acceptors (Lipinski definition) is 2. The highest BCUT2D eigenvalue weighted by atomic mass is 19.1. The molecule has 0 amide bonds. The lowest BCUT2D eigenvalue weighted by molar-refractivity contribution is 0.127. The number of likely N-dealkylation sites (tertiary alicyclic amines) is 1. The molecule has 2 atom stereocenters. The molecule has 4 heteroatoms. The van der Waals surface area contributed by atoms with Crippen molar-refractivity contribution in [2.24, 2.45) is 0 Å². The standard InChI is InChI=1S/C16H23F2NO/c1-12-5-3-2-4-7-19(12)8-6-16(20)13-9-14(17)11-15(18)10-13/h9-12,16,20H,2-8H2,1H3. The fraction of sp³-hybridized carbons (Fsp3) is 0.625. The van der Waals surface area contributed by atoms with E-state index in [2.05, 4.69) is 11.8 Å². The van der Waals surface area contributed by atoms with Crippen LogP contribution < -0.4 is 0 Å². The van der Waals surface area contributed by atoms with Crippen LogP contribution >= 0.6 is 0 Å². The first kappa shape index (κ1) is 15.4. The van der Waals surface area contributed by atoms with Crippen LogP contribution in [0.4, 0.5) is 8.78 Å². The van der Waals surface area contributed by atoms with E-state index in [1.165, 1.54) is 37.8 Å². The van der Waals surface area contributed by atoms with E-state index in [0.717, 1.165) is 19.2 Å². The van der Waals surface area contributed by atoms with Crippen LogP contribution in [0.25, 0.3) is 0 Å². The molecule has 1 aromatic rings. The Balaban J connectivity index is 1.92. The maximum atomic E-state index is 13.1. The predicted molar refractivity (Wildman–Crippen MR) is 75.4 cm³/mol. The van der Waals surface area contributed by atoms with Crippen molar-refractivity contribution in [2.45, 2.75) is 51.2 Å². The first-order chi connectivity index (χ1) is 9.56. The minimum absolute atomic E-state index is 0.324. The molecule has 1 N–H and O–H groups in total. The van der Waals surface area contributed by atoms with Crippen molar-refractivity contribution in [3.05, 3.63) is 35.4 Å². The third-order valence-corrected chi connectivity index (χ3v) is 4.15.